The molecule has 0 bridgehead atoms. The van der Waals surface area contributed by atoms with E-state index < -0.39 is 10.0 Å². The summed E-state index contributed by atoms with van der Waals surface area (Å²) in [6.07, 6.45) is 3.74. The van der Waals surface area contributed by atoms with Crippen molar-refractivity contribution < 1.29 is 17.9 Å². The molecule has 0 aliphatic carbocycles. The molecule has 0 unspecified atom stereocenters. The number of hydrogen-bond donors (Lipinski definition) is 1. The standard InChI is InChI=1S/C25H41N3O4S/c1-19(2)17-33(30,31)28-18-25(10-9-24(28,4)5)11-13-27(14-12-25)16-23(29)26-21-15-20(3)7-8-22(21)32-6/h7-8,15,19H,9-14,16-18H2,1-6H3,(H,26,29). The monoisotopic (exact) mass is 479 g/mol. The second kappa shape index (κ2) is 9.92. The normalized spacial score (nSPS) is 21.3. The zero-order valence-corrected chi connectivity index (χ0v) is 21.9. The van der Waals surface area contributed by atoms with E-state index in [0.717, 1.165) is 44.3 Å². The Balaban J connectivity index is 1.61. The summed E-state index contributed by atoms with van der Waals surface area (Å²) in [6.45, 7) is 12.5. The van der Waals surface area contributed by atoms with Gasteiger partial charge in [-0.15, -0.1) is 0 Å². The molecule has 33 heavy (non-hydrogen) atoms. The Labute approximate surface area is 199 Å². The van der Waals surface area contributed by atoms with Crippen LogP contribution in [0.4, 0.5) is 5.69 Å². The van der Waals surface area contributed by atoms with Gasteiger partial charge in [-0.25, -0.2) is 8.42 Å². The highest BCUT2D eigenvalue weighted by Gasteiger charge is 2.48. The predicted molar refractivity (Wildman–Crippen MR) is 133 cm³/mol. The lowest BCUT2D eigenvalue weighted by molar-refractivity contribution is -0.118. The highest BCUT2D eigenvalue weighted by molar-refractivity contribution is 7.89. The van der Waals surface area contributed by atoms with Crippen LogP contribution in [0.5, 0.6) is 5.75 Å². The van der Waals surface area contributed by atoms with Gasteiger partial charge in [-0.2, -0.15) is 4.31 Å². The topological polar surface area (TPSA) is 79.0 Å². The molecule has 2 saturated heterocycles. The molecule has 1 aromatic rings. The molecule has 1 N–H and O–H groups in total. The Morgan fingerprint density at radius 3 is 2.42 bits per heavy atom. The number of ether oxygens (including phenoxy) is 1. The average molecular weight is 480 g/mol. The minimum atomic E-state index is -3.30. The fourth-order valence-corrected chi connectivity index (χ4v) is 7.52. The highest BCUT2D eigenvalue weighted by atomic mass is 32.2. The lowest BCUT2D eigenvalue weighted by Crippen LogP contribution is -2.59. The summed E-state index contributed by atoms with van der Waals surface area (Å²) in [7, 11) is -1.70. The molecule has 186 valence electrons. The Morgan fingerprint density at radius 2 is 1.82 bits per heavy atom. The third-order valence-corrected chi connectivity index (χ3v) is 9.60. The molecular weight excluding hydrogens is 438 g/mol. The van der Waals surface area contributed by atoms with Crippen LogP contribution in [0.25, 0.3) is 0 Å². The van der Waals surface area contributed by atoms with Crippen molar-refractivity contribution in [2.75, 3.05) is 44.4 Å². The molecular formula is C25H41N3O4S. The number of sulfonamides is 1. The number of hydrogen-bond acceptors (Lipinski definition) is 5. The maximum atomic E-state index is 13.1. The summed E-state index contributed by atoms with van der Waals surface area (Å²) in [4.78, 5) is 14.9. The third kappa shape index (κ3) is 6.28. The fraction of sp³-hybridized carbons (Fsp3) is 0.720. The molecule has 0 aromatic heterocycles. The van der Waals surface area contributed by atoms with Crippen molar-refractivity contribution in [1.82, 2.24) is 9.21 Å². The number of aryl methyl sites for hydroxylation is 1. The Kier molecular flexibility index (Phi) is 7.81. The van der Waals surface area contributed by atoms with Crippen LogP contribution in [-0.4, -0.2) is 68.1 Å². The molecule has 1 aromatic carbocycles. The summed E-state index contributed by atoms with van der Waals surface area (Å²) in [5.74, 6) is 0.900. The average Bonchev–Trinajstić information content (AvgIpc) is 2.71. The van der Waals surface area contributed by atoms with Crippen LogP contribution in [0.1, 0.15) is 58.9 Å². The van der Waals surface area contributed by atoms with Gasteiger partial charge in [-0.1, -0.05) is 19.9 Å². The van der Waals surface area contributed by atoms with Crippen LogP contribution < -0.4 is 10.1 Å². The molecule has 0 atom stereocenters. The van der Waals surface area contributed by atoms with Gasteiger partial charge in [0, 0.05) is 12.1 Å². The summed E-state index contributed by atoms with van der Waals surface area (Å²) in [5, 5.41) is 2.98. The van der Waals surface area contributed by atoms with Gasteiger partial charge < -0.3 is 10.1 Å². The molecule has 2 aliphatic rings. The number of piperidine rings is 2. The van der Waals surface area contributed by atoms with Gasteiger partial charge >= 0.3 is 0 Å². The van der Waals surface area contributed by atoms with E-state index in [-0.39, 0.29) is 28.5 Å². The van der Waals surface area contributed by atoms with Gasteiger partial charge in [0.25, 0.3) is 0 Å². The van der Waals surface area contributed by atoms with Crippen LogP contribution in [-0.2, 0) is 14.8 Å². The number of nitrogens with zero attached hydrogens (tertiary/aromatic N) is 2. The zero-order chi connectivity index (χ0) is 24.4. The Hall–Kier alpha value is -1.64. The number of carbonyl (C=O) groups excluding carboxylic acids is 1. The number of benzene rings is 1. The molecule has 2 fully saturated rings. The second-order valence-corrected chi connectivity index (χ2v) is 13.0. The van der Waals surface area contributed by atoms with E-state index in [2.05, 4.69) is 24.1 Å². The summed E-state index contributed by atoms with van der Waals surface area (Å²) in [6, 6.07) is 5.73. The third-order valence-electron chi connectivity index (χ3n) is 7.21. The Morgan fingerprint density at radius 1 is 1.15 bits per heavy atom. The number of anilines is 1. The Bertz CT molecular complexity index is 950. The first-order chi connectivity index (χ1) is 15.4. The molecule has 0 saturated carbocycles. The number of likely N-dealkylation sites (tertiary alicyclic amines) is 1. The van der Waals surface area contributed by atoms with Gasteiger partial charge in [-0.3, -0.25) is 9.69 Å². The van der Waals surface area contributed by atoms with E-state index >= 15 is 0 Å². The van der Waals surface area contributed by atoms with Crippen molar-refractivity contribution in [3.63, 3.8) is 0 Å². The quantitative estimate of drug-likeness (QED) is 0.642. The molecule has 0 radical (unpaired) electrons. The number of amides is 1. The van der Waals surface area contributed by atoms with Gasteiger partial charge in [0.1, 0.15) is 5.75 Å². The van der Waals surface area contributed by atoms with Crippen molar-refractivity contribution in [1.29, 1.82) is 0 Å². The van der Waals surface area contributed by atoms with Gasteiger partial charge in [0.15, 0.2) is 0 Å². The molecule has 8 heteroatoms. The minimum absolute atomic E-state index is 0.00626. The maximum Gasteiger partial charge on any atom is 0.238 e. The molecule has 3 rings (SSSR count). The maximum absolute atomic E-state index is 13.1. The minimum Gasteiger partial charge on any atom is -0.495 e. The smallest absolute Gasteiger partial charge is 0.238 e. The van der Waals surface area contributed by atoms with Crippen molar-refractivity contribution in [3.05, 3.63) is 23.8 Å². The van der Waals surface area contributed by atoms with Gasteiger partial charge in [-0.05, 0) is 88.6 Å². The van der Waals surface area contributed by atoms with Crippen LogP contribution in [0.2, 0.25) is 0 Å². The summed E-state index contributed by atoms with van der Waals surface area (Å²) < 4.78 is 33.4. The number of nitrogens with one attached hydrogen (secondary N) is 1. The van der Waals surface area contributed by atoms with Gasteiger partial charge in [0.2, 0.25) is 15.9 Å². The SMILES string of the molecule is COc1ccc(C)cc1NC(=O)CN1CCC2(CC1)CCC(C)(C)N(S(=O)(=O)CC(C)C)C2. The van der Waals surface area contributed by atoms with Crippen molar-refractivity contribution in [3.8, 4) is 5.75 Å². The molecule has 2 heterocycles. The predicted octanol–water partition coefficient (Wildman–Crippen LogP) is 3.88. The first-order valence-electron chi connectivity index (χ1n) is 12.0. The second-order valence-electron chi connectivity index (χ2n) is 11.0. The summed E-state index contributed by atoms with van der Waals surface area (Å²) >= 11 is 0. The molecule has 1 amide bonds. The fourth-order valence-electron chi connectivity index (χ4n) is 5.19. The van der Waals surface area contributed by atoms with Crippen LogP contribution in [0, 0.1) is 18.3 Å². The van der Waals surface area contributed by atoms with Crippen LogP contribution >= 0.6 is 0 Å². The lowest BCUT2D eigenvalue weighted by Gasteiger charge is -2.53. The number of carbonyl (C=O) groups is 1. The first kappa shape index (κ1) is 26.0. The molecule has 1 spiro atoms. The first-order valence-corrected chi connectivity index (χ1v) is 13.6. The van der Waals surface area contributed by atoms with E-state index in [0.29, 0.717) is 24.5 Å². The van der Waals surface area contributed by atoms with E-state index in [4.69, 9.17) is 4.74 Å². The van der Waals surface area contributed by atoms with Crippen molar-refractivity contribution >= 4 is 21.6 Å². The molecule has 2 aliphatic heterocycles. The van der Waals surface area contributed by atoms with E-state index in [1.165, 1.54) is 0 Å². The number of rotatable bonds is 7. The van der Waals surface area contributed by atoms with Crippen molar-refractivity contribution in [2.24, 2.45) is 11.3 Å². The zero-order valence-electron chi connectivity index (χ0n) is 21.1. The largest absolute Gasteiger partial charge is 0.495 e. The van der Waals surface area contributed by atoms with E-state index in [1.807, 2.05) is 39.0 Å². The van der Waals surface area contributed by atoms with Gasteiger partial charge in [0.05, 0.1) is 25.1 Å². The van der Waals surface area contributed by atoms with Crippen LogP contribution in [0.3, 0.4) is 0 Å². The van der Waals surface area contributed by atoms with Crippen LogP contribution in [0.15, 0.2) is 18.2 Å². The lowest BCUT2D eigenvalue weighted by atomic mass is 9.69. The number of methoxy groups -OCH3 is 1. The highest BCUT2D eigenvalue weighted by Crippen LogP contribution is 2.46. The van der Waals surface area contributed by atoms with E-state index in [9.17, 15) is 13.2 Å². The van der Waals surface area contributed by atoms with E-state index in [1.54, 1.807) is 11.4 Å². The summed E-state index contributed by atoms with van der Waals surface area (Å²) in [5.41, 5.74) is 1.41. The van der Waals surface area contributed by atoms with Crippen molar-refractivity contribution in [2.45, 2.75) is 65.8 Å². The molecule has 7 nitrogen and oxygen atoms in total.